The van der Waals surface area contributed by atoms with E-state index in [-0.39, 0.29) is 17.7 Å². The number of benzene rings is 1. The first-order valence-electron chi connectivity index (χ1n) is 6.43. The van der Waals surface area contributed by atoms with Crippen LogP contribution in [0.5, 0.6) is 0 Å². The minimum atomic E-state index is -0.932. The molecule has 1 aromatic carbocycles. The van der Waals surface area contributed by atoms with Crippen molar-refractivity contribution in [3.63, 3.8) is 0 Å². The zero-order valence-electron chi connectivity index (χ0n) is 11.1. The molecule has 0 spiro atoms. The molecule has 0 radical (unpaired) electrons. The lowest BCUT2D eigenvalue weighted by Crippen LogP contribution is -2.46. The molecule has 6 heteroatoms. The SMILES string of the molecule is CCC1SCC(C(=O)O)N1C(=O)Cc1ccc(Cl)cc1. The van der Waals surface area contributed by atoms with E-state index in [0.717, 1.165) is 12.0 Å². The fourth-order valence-electron chi connectivity index (χ4n) is 2.27. The van der Waals surface area contributed by atoms with Crippen LogP contribution >= 0.6 is 23.4 Å². The molecular weight excluding hydrogens is 298 g/mol. The third kappa shape index (κ3) is 3.27. The first kappa shape index (κ1) is 15.2. The zero-order valence-corrected chi connectivity index (χ0v) is 12.7. The highest BCUT2D eigenvalue weighted by Gasteiger charge is 2.40. The first-order chi connectivity index (χ1) is 9.52. The van der Waals surface area contributed by atoms with Gasteiger partial charge in [0.05, 0.1) is 11.8 Å². The van der Waals surface area contributed by atoms with Crippen molar-refractivity contribution in [3.8, 4) is 0 Å². The number of hydrogen-bond acceptors (Lipinski definition) is 3. The van der Waals surface area contributed by atoms with Gasteiger partial charge >= 0.3 is 5.97 Å². The van der Waals surface area contributed by atoms with Gasteiger partial charge in [0.2, 0.25) is 5.91 Å². The maximum Gasteiger partial charge on any atom is 0.327 e. The van der Waals surface area contributed by atoms with Gasteiger partial charge in [-0.3, -0.25) is 4.79 Å². The van der Waals surface area contributed by atoms with Crippen molar-refractivity contribution in [2.75, 3.05) is 5.75 Å². The molecule has 0 bridgehead atoms. The first-order valence-corrected chi connectivity index (χ1v) is 7.85. The Morgan fingerprint density at radius 1 is 1.40 bits per heavy atom. The van der Waals surface area contributed by atoms with E-state index in [0.29, 0.717) is 10.8 Å². The van der Waals surface area contributed by atoms with Crippen LogP contribution in [-0.4, -0.2) is 39.1 Å². The molecule has 0 saturated carbocycles. The van der Waals surface area contributed by atoms with E-state index < -0.39 is 12.0 Å². The van der Waals surface area contributed by atoms with Crippen molar-refractivity contribution in [1.82, 2.24) is 4.90 Å². The fraction of sp³-hybridized carbons (Fsp3) is 0.429. The summed E-state index contributed by atoms with van der Waals surface area (Å²) in [5, 5.41) is 9.80. The summed E-state index contributed by atoms with van der Waals surface area (Å²) in [7, 11) is 0. The molecule has 2 unspecified atom stereocenters. The molecule has 108 valence electrons. The normalized spacial score (nSPS) is 22.0. The van der Waals surface area contributed by atoms with Crippen LogP contribution in [0.3, 0.4) is 0 Å². The number of hydrogen-bond donors (Lipinski definition) is 1. The maximum atomic E-state index is 12.4. The summed E-state index contributed by atoms with van der Waals surface area (Å²) < 4.78 is 0. The topological polar surface area (TPSA) is 57.6 Å². The van der Waals surface area contributed by atoms with E-state index in [1.165, 1.54) is 16.7 Å². The van der Waals surface area contributed by atoms with Crippen molar-refractivity contribution in [2.24, 2.45) is 0 Å². The van der Waals surface area contributed by atoms with Crippen molar-refractivity contribution in [1.29, 1.82) is 0 Å². The third-order valence-electron chi connectivity index (χ3n) is 3.28. The minimum absolute atomic E-state index is 0.0455. The summed E-state index contributed by atoms with van der Waals surface area (Å²) >= 11 is 7.34. The molecule has 1 aromatic rings. The number of aliphatic carboxylic acids is 1. The summed E-state index contributed by atoms with van der Waals surface area (Å²) in [6, 6.07) is 6.33. The number of carboxylic acids is 1. The van der Waals surface area contributed by atoms with Crippen molar-refractivity contribution < 1.29 is 14.7 Å². The minimum Gasteiger partial charge on any atom is -0.480 e. The standard InChI is InChI=1S/C14H16ClNO3S/c1-2-13-16(11(8-20-13)14(18)19)12(17)7-9-3-5-10(15)6-4-9/h3-6,11,13H,2,7-8H2,1H3,(H,18,19). The Hall–Kier alpha value is -1.20. The molecule has 1 saturated heterocycles. The maximum absolute atomic E-state index is 12.4. The number of halogens is 1. The quantitative estimate of drug-likeness (QED) is 0.928. The molecule has 0 aliphatic carbocycles. The van der Waals surface area contributed by atoms with Gasteiger partial charge in [-0.05, 0) is 24.1 Å². The smallest absolute Gasteiger partial charge is 0.327 e. The lowest BCUT2D eigenvalue weighted by Gasteiger charge is -2.26. The second kappa shape index (κ2) is 6.50. The van der Waals surface area contributed by atoms with Crippen molar-refractivity contribution in [2.45, 2.75) is 31.2 Å². The Morgan fingerprint density at radius 3 is 2.60 bits per heavy atom. The second-order valence-electron chi connectivity index (χ2n) is 4.65. The summed E-state index contributed by atoms with van der Waals surface area (Å²) in [6.45, 7) is 1.96. The van der Waals surface area contributed by atoms with Crippen LogP contribution in [0.1, 0.15) is 18.9 Å². The van der Waals surface area contributed by atoms with Gasteiger partial charge in [-0.15, -0.1) is 11.8 Å². The molecule has 1 amide bonds. The van der Waals surface area contributed by atoms with Gasteiger partial charge < -0.3 is 10.0 Å². The molecule has 1 aliphatic rings. The molecule has 2 rings (SSSR count). The van der Waals surface area contributed by atoms with Crippen LogP contribution in [0.2, 0.25) is 5.02 Å². The second-order valence-corrected chi connectivity index (χ2v) is 6.30. The number of carbonyl (C=O) groups is 2. The largest absolute Gasteiger partial charge is 0.480 e. The van der Waals surface area contributed by atoms with Crippen LogP contribution in [0.4, 0.5) is 0 Å². The van der Waals surface area contributed by atoms with E-state index in [2.05, 4.69) is 0 Å². The number of carboxylic acid groups (broad SMARTS) is 1. The van der Waals surface area contributed by atoms with E-state index in [4.69, 9.17) is 11.6 Å². The van der Waals surface area contributed by atoms with Gasteiger partial charge in [0.15, 0.2) is 0 Å². The van der Waals surface area contributed by atoms with Gasteiger partial charge in [-0.2, -0.15) is 0 Å². The van der Waals surface area contributed by atoms with E-state index >= 15 is 0 Å². The Balaban J connectivity index is 2.12. The van der Waals surface area contributed by atoms with Crippen LogP contribution in [0.15, 0.2) is 24.3 Å². The van der Waals surface area contributed by atoms with Crippen molar-refractivity contribution in [3.05, 3.63) is 34.9 Å². The van der Waals surface area contributed by atoms with Gasteiger partial charge in [0.25, 0.3) is 0 Å². The molecule has 2 atom stereocenters. The van der Waals surface area contributed by atoms with Gasteiger partial charge in [0.1, 0.15) is 6.04 Å². The molecule has 1 heterocycles. The molecular formula is C14H16ClNO3S. The monoisotopic (exact) mass is 313 g/mol. The predicted octanol–water partition coefficient (Wildman–Crippen LogP) is 2.65. The van der Waals surface area contributed by atoms with Gasteiger partial charge in [0, 0.05) is 10.8 Å². The molecule has 4 nitrogen and oxygen atoms in total. The van der Waals surface area contributed by atoms with E-state index in [1.54, 1.807) is 24.3 Å². The fourth-order valence-corrected chi connectivity index (χ4v) is 3.77. The lowest BCUT2D eigenvalue weighted by atomic mass is 10.1. The highest BCUT2D eigenvalue weighted by atomic mass is 35.5. The van der Waals surface area contributed by atoms with Gasteiger partial charge in [-0.25, -0.2) is 4.79 Å². The molecule has 20 heavy (non-hydrogen) atoms. The number of nitrogens with zero attached hydrogens (tertiary/aromatic N) is 1. The Kier molecular flexibility index (Phi) is 4.94. The number of amides is 1. The summed E-state index contributed by atoms with van der Waals surface area (Å²) in [4.78, 5) is 25.2. The highest BCUT2D eigenvalue weighted by molar-refractivity contribution is 8.00. The summed E-state index contributed by atoms with van der Waals surface area (Å²) in [5.41, 5.74) is 0.843. The molecule has 1 N–H and O–H groups in total. The van der Waals surface area contributed by atoms with Crippen molar-refractivity contribution >= 4 is 35.2 Å². The third-order valence-corrected chi connectivity index (χ3v) is 4.99. The van der Waals surface area contributed by atoms with Crippen LogP contribution in [0, 0.1) is 0 Å². The Labute approximate surface area is 127 Å². The highest BCUT2D eigenvalue weighted by Crippen LogP contribution is 2.32. The van der Waals surface area contributed by atoms with E-state index in [9.17, 15) is 14.7 Å². The summed E-state index contributed by atoms with van der Waals surface area (Å²) in [6.07, 6.45) is 0.957. The summed E-state index contributed by atoms with van der Waals surface area (Å²) in [5.74, 6) is -0.616. The zero-order chi connectivity index (χ0) is 14.7. The van der Waals surface area contributed by atoms with Crippen LogP contribution < -0.4 is 0 Å². The molecule has 1 fully saturated rings. The lowest BCUT2D eigenvalue weighted by molar-refractivity contribution is -0.148. The Bertz CT molecular complexity index is 506. The van der Waals surface area contributed by atoms with E-state index in [1.807, 2.05) is 6.92 Å². The number of carbonyl (C=O) groups excluding carboxylic acids is 1. The number of rotatable bonds is 4. The van der Waals surface area contributed by atoms with Gasteiger partial charge in [-0.1, -0.05) is 30.7 Å². The average Bonchev–Trinajstić information content (AvgIpc) is 2.85. The molecule has 0 aromatic heterocycles. The molecule has 1 aliphatic heterocycles. The Morgan fingerprint density at radius 2 is 2.05 bits per heavy atom. The number of thioether (sulfide) groups is 1. The predicted molar refractivity (Wildman–Crippen MR) is 80.0 cm³/mol. The van der Waals surface area contributed by atoms with Crippen LogP contribution in [-0.2, 0) is 16.0 Å². The van der Waals surface area contributed by atoms with Crippen LogP contribution in [0.25, 0.3) is 0 Å². The average molecular weight is 314 g/mol.